The summed E-state index contributed by atoms with van der Waals surface area (Å²) in [6, 6.07) is 12.1. The van der Waals surface area contributed by atoms with Crippen molar-refractivity contribution in [1.82, 2.24) is 26.1 Å². The van der Waals surface area contributed by atoms with E-state index in [9.17, 15) is 4.79 Å². The van der Waals surface area contributed by atoms with Crippen LogP contribution in [0.15, 0.2) is 48.8 Å². The lowest BCUT2D eigenvalue weighted by Gasteiger charge is -2.35. The maximum absolute atomic E-state index is 12.3. The number of nitrogens with one attached hydrogen (secondary N) is 3. The van der Waals surface area contributed by atoms with Crippen molar-refractivity contribution in [2.24, 2.45) is 0 Å². The predicted molar refractivity (Wildman–Crippen MR) is 105 cm³/mol. The van der Waals surface area contributed by atoms with Crippen LogP contribution in [0.4, 0.5) is 0 Å². The van der Waals surface area contributed by atoms with Gasteiger partial charge >= 0.3 is 0 Å². The number of halogens is 1. The summed E-state index contributed by atoms with van der Waals surface area (Å²) in [7, 11) is 0. The Hall–Kier alpha value is -1.99. The monoisotopic (exact) mass is 385 g/mol. The van der Waals surface area contributed by atoms with Gasteiger partial charge in [0.25, 0.3) is 5.91 Å². The van der Waals surface area contributed by atoms with Gasteiger partial charge in [0, 0.05) is 42.6 Å². The third-order valence-corrected chi connectivity index (χ3v) is 5.64. The summed E-state index contributed by atoms with van der Waals surface area (Å²) in [5.74, 6) is -0.0370. The fourth-order valence-electron chi connectivity index (χ4n) is 3.81. The molecule has 1 aromatic carbocycles. The molecule has 142 valence electrons. The van der Waals surface area contributed by atoms with Gasteiger partial charge < -0.3 is 5.32 Å². The van der Waals surface area contributed by atoms with Gasteiger partial charge in [-0.2, -0.15) is 0 Å². The smallest absolute Gasteiger partial charge is 0.253 e. The third kappa shape index (κ3) is 4.47. The van der Waals surface area contributed by atoms with Crippen molar-refractivity contribution in [2.45, 2.75) is 37.5 Å². The van der Waals surface area contributed by atoms with Crippen LogP contribution in [-0.2, 0) is 0 Å². The first-order valence-corrected chi connectivity index (χ1v) is 9.78. The van der Waals surface area contributed by atoms with Crippen molar-refractivity contribution in [3.8, 4) is 0 Å². The van der Waals surface area contributed by atoms with E-state index >= 15 is 0 Å². The average molecular weight is 386 g/mol. The van der Waals surface area contributed by atoms with Gasteiger partial charge in [0.05, 0.1) is 11.7 Å². The summed E-state index contributed by atoms with van der Waals surface area (Å²) in [6.45, 7) is 1.93. The van der Waals surface area contributed by atoms with E-state index in [1.807, 2.05) is 12.1 Å². The predicted octanol–water partition coefficient (Wildman–Crippen LogP) is 2.49. The highest BCUT2D eigenvalue weighted by Crippen LogP contribution is 2.26. The van der Waals surface area contributed by atoms with Crippen LogP contribution in [0.3, 0.4) is 0 Å². The first-order valence-electron chi connectivity index (χ1n) is 9.40. The lowest BCUT2D eigenvalue weighted by atomic mass is 10.0. The van der Waals surface area contributed by atoms with E-state index in [4.69, 9.17) is 11.6 Å². The van der Waals surface area contributed by atoms with Crippen LogP contribution < -0.4 is 16.2 Å². The summed E-state index contributed by atoms with van der Waals surface area (Å²) in [5.41, 5.74) is 8.67. The van der Waals surface area contributed by atoms with E-state index in [1.54, 1.807) is 24.5 Å². The molecule has 7 heteroatoms. The molecular weight excluding hydrogens is 362 g/mol. The Kier molecular flexibility index (Phi) is 5.69. The Bertz CT molecular complexity index is 762. The van der Waals surface area contributed by atoms with Crippen molar-refractivity contribution >= 4 is 17.5 Å². The molecule has 4 rings (SSSR count). The van der Waals surface area contributed by atoms with Crippen molar-refractivity contribution < 1.29 is 4.79 Å². The van der Waals surface area contributed by atoms with Crippen LogP contribution in [0.25, 0.3) is 0 Å². The lowest BCUT2D eigenvalue weighted by molar-refractivity contribution is 0.0879. The quantitative estimate of drug-likeness (QED) is 0.754. The second kappa shape index (κ2) is 8.35. The van der Waals surface area contributed by atoms with E-state index < -0.39 is 0 Å². The summed E-state index contributed by atoms with van der Waals surface area (Å²) in [6.07, 6.45) is 6.51. The molecule has 0 aliphatic carbocycles. The van der Waals surface area contributed by atoms with E-state index in [1.165, 1.54) is 5.56 Å². The highest BCUT2D eigenvalue weighted by Gasteiger charge is 2.32. The molecule has 3 N–H and O–H groups in total. The Morgan fingerprint density at radius 1 is 1.15 bits per heavy atom. The molecule has 2 atom stereocenters. The van der Waals surface area contributed by atoms with Crippen LogP contribution in [0.5, 0.6) is 0 Å². The first-order chi connectivity index (χ1) is 13.2. The number of hydrogen-bond donors (Lipinski definition) is 3. The fraction of sp³-hybridized carbons (Fsp3) is 0.400. The van der Waals surface area contributed by atoms with Gasteiger partial charge in [0.15, 0.2) is 0 Å². The SMILES string of the molecule is O=C(NC1CCN(C2CC(c3ccc(Cl)cc3)NN2)CC1)c1cccnc1. The molecule has 0 spiro atoms. The van der Waals surface area contributed by atoms with Crippen LogP contribution in [-0.4, -0.2) is 41.1 Å². The summed E-state index contributed by atoms with van der Waals surface area (Å²) in [5, 5.41) is 3.89. The van der Waals surface area contributed by atoms with Gasteiger partial charge in [-0.05, 0) is 49.1 Å². The molecular formula is C20H24ClN5O. The van der Waals surface area contributed by atoms with Crippen molar-refractivity contribution in [3.63, 3.8) is 0 Å². The Morgan fingerprint density at radius 3 is 2.63 bits per heavy atom. The third-order valence-electron chi connectivity index (χ3n) is 5.38. The van der Waals surface area contributed by atoms with Crippen molar-refractivity contribution in [3.05, 3.63) is 64.9 Å². The standard InChI is InChI=1S/C20H24ClN5O/c21-16-5-3-14(4-6-16)18-12-19(25-24-18)26-10-7-17(8-11-26)23-20(27)15-2-1-9-22-13-15/h1-6,9,13,17-19,24-25H,7-8,10-12H2,(H,23,27). The molecule has 27 heavy (non-hydrogen) atoms. The molecule has 0 radical (unpaired) electrons. The number of hydrogen-bond acceptors (Lipinski definition) is 5. The maximum Gasteiger partial charge on any atom is 0.253 e. The second-order valence-corrected chi connectivity index (χ2v) is 7.61. The molecule has 2 aliphatic rings. The summed E-state index contributed by atoms with van der Waals surface area (Å²) in [4.78, 5) is 18.7. The zero-order chi connectivity index (χ0) is 18.6. The number of hydrazine groups is 1. The number of aromatic nitrogens is 1. The van der Waals surface area contributed by atoms with Crippen LogP contribution in [0.2, 0.25) is 5.02 Å². The van der Waals surface area contributed by atoms with Gasteiger partial charge in [0.2, 0.25) is 0 Å². The highest BCUT2D eigenvalue weighted by atomic mass is 35.5. The van der Waals surface area contributed by atoms with Crippen molar-refractivity contribution in [1.29, 1.82) is 0 Å². The van der Waals surface area contributed by atoms with E-state index in [0.717, 1.165) is 37.4 Å². The summed E-state index contributed by atoms with van der Waals surface area (Å²) >= 11 is 5.98. The first kappa shape index (κ1) is 18.4. The molecule has 2 fully saturated rings. The van der Waals surface area contributed by atoms with Crippen LogP contribution >= 0.6 is 11.6 Å². The lowest BCUT2D eigenvalue weighted by Crippen LogP contribution is -2.51. The molecule has 1 amide bonds. The number of rotatable bonds is 4. The number of likely N-dealkylation sites (tertiary alicyclic amines) is 1. The van der Waals surface area contributed by atoms with E-state index in [0.29, 0.717) is 11.7 Å². The van der Waals surface area contributed by atoms with Gasteiger partial charge in [-0.25, -0.2) is 10.9 Å². The number of nitrogens with zero attached hydrogens (tertiary/aromatic N) is 2. The minimum absolute atomic E-state index is 0.0370. The highest BCUT2D eigenvalue weighted by molar-refractivity contribution is 6.30. The zero-order valence-corrected chi connectivity index (χ0v) is 15.8. The molecule has 3 heterocycles. The molecule has 1 aromatic heterocycles. The minimum atomic E-state index is -0.0370. The number of benzene rings is 1. The normalized spacial score (nSPS) is 24.0. The summed E-state index contributed by atoms with van der Waals surface area (Å²) < 4.78 is 0. The van der Waals surface area contributed by atoms with Crippen molar-refractivity contribution in [2.75, 3.05) is 13.1 Å². The molecule has 0 bridgehead atoms. The fourth-order valence-corrected chi connectivity index (χ4v) is 3.94. The van der Waals surface area contributed by atoms with Gasteiger partial charge in [-0.1, -0.05) is 23.7 Å². The minimum Gasteiger partial charge on any atom is -0.349 e. The zero-order valence-electron chi connectivity index (χ0n) is 15.1. The maximum atomic E-state index is 12.3. The van der Waals surface area contributed by atoms with Crippen LogP contribution in [0.1, 0.15) is 41.2 Å². The van der Waals surface area contributed by atoms with E-state index in [2.05, 4.69) is 38.2 Å². The molecule has 0 saturated carbocycles. The molecule has 2 unspecified atom stereocenters. The molecule has 6 nitrogen and oxygen atoms in total. The second-order valence-electron chi connectivity index (χ2n) is 7.17. The molecule has 2 aromatic rings. The topological polar surface area (TPSA) is 69.3 Å². The largest absolute Gasteiger partial charge is 0.349 e. The number of pyridine rings is 1. The molecule has 2 aliphatic heterocycles. The van der Waals surface area contributed by atoms with E-state index in [-0.39, 0.29) is 18.0 Å². The number of piperidine rings is 1. The number of carbonyl (C=O) groups excluding carboxylic acids is 1. The number of amides is 1. The van der Waals surface area contributed by atoms with Gasteiger partial charge in [-0.3, -0.25) is 14.7 Å². The average Bonchev–Trinajstić information content (AvgIpc) is 3.20. The Balaban J connectivity index is 1.26. The number of carbonyl (C=O) groups is 1. The van der Waals surface area contributed by atoms with Crippen LogP contribution in [0, 0.1) is 0 Å². The molecule has 2 saturated heterocycles. The Morgan fingerprint density at radius 2 is 1.93 bits per heavy atom. The van der Waals surface area contributed by atoms with Gasteiger partial charge in [0.1, 0.15) is 0 Å². The Labute approximate surface area is 164 Å². The van der Waals surface area contributed by atoms with Gasteiger partial charge in [-0.15, -0.1) is 0 Å².